The van der Waals surface area contributed by atoms with E-state index in [2.05, 4.69) is 66.8 Å². The lowest BCUT2D eigenvalue weighted by molar-refractivity contribution is 0.0341. The summed E-state index contributed by atoms with van der Waals surface area (Å²) in [6.45, 7) is 8.29. The number of aliphatic imine (C=N–C) groups is 1. The van der Waals surface area contributed by atoms with Gasteiger partial charge in [0.15, 0.2) is 5.96 Å². The van der Waals surface area contributed by atoms with Crippen LogP contribution in [-0.2, 0) is 24.4 Å². The lowest BCUT2D eigenvalue weighted by Crippen LogP contribution is -2.37. The molecule has 32 heavy (non-hydrogen) atoms. The van der Waals surface area contributed by atoms with Crippen LogP contribution in [0.1, 0.15) is 36.0 Å². The largest absolute Gasteiger partial charge is 0.379 e. The molecule has 0 aliphatic carbocycles. The van der Waals surface area contributed by atoms with E-state index in [0.717, 1.165) is 70.8 Å². The molecule has 2 aliphatic rings. The molecule has 1 aromatic carbocycles. The van der Waals surface area contributed by atoms with Crippen LogP contribution in [-0.4, -0.2) is 62.3 Å². The van der Waals surface area contributed by atoms with Crippen molar-refractivity contribution in [2.75, 3.05) is 51.3 Å². The number of hydrogen-bond acceptors (Lipinski definition) is 5. The van der Waals surface area contributed by atoms with E-state index in [0.29, 0.717) is 0 Å². The summed E-state index contributed by atoms with van der Waals surface area (Å²) in [5.74, 6) is 1.89. The fourth-order valence-electron chi connectivity index (χ4n) is 4.34. The van der Waals surface area contributed by atoms with Gasteiger partial charge < -0.3 is 20.3 Å². The molecule has 0 radical (unpaired) electrons. The maximum atomic E-state index is 5.48. The molecule has 0 spiro atoms. The lowest BCUT2D eigenvalue weighted by Gasteiger charge is -2.28. The number of morpholine rings is 1. The monoisotopic (exact) mass is 436 g/mol. The summed E-state index contributed by atoms with van der Waals surface area (Å²) in [6, 6.07) is 12.9. The van der Waals surface area contributed by atoms with Crippen LogP contribution in [0.3, 0.4) is 0 Å². The molecule has 172 valence electrons. The van der Waals surface area contributed by atoms with Gasteiger partial charge in [-0.25, -0.2) is 4.98 Å². The first-order valence-corrected chi connectivity index (χ1v) is 11.8. The van der Waals surface area contributed by atoms with E-state index in [1.54, 1.807) is 0 Å². The Morgan fingerprint density at radius 1 is 0.969 bits per heavy atom. The Labute approximate surface area is 191 Å². The molecule has 2 aliphatic heterocycles. The highest BCUT2D eigenvalue weighted by Crippen LogP contribution is 2.18. The topological polar surface area (TPSA) is 65.0 Å². The molecule has 0 saturated carbocycles. The summed E-state index contributed by atoms with van der Waals surface area (Å²) in [4.78, 5) is 13.9. The zero-order valence-corrected chi connectivity index (χ0v) is 19.2. The molecule has 2 N–H and O–H groups in total. The van der Waals surface area contributed by atoms with Gasteiger partial charge in [-0.3, -0.25) is 9.89 Å². The number of anilines is 1. The minimum Gasteiger partial charge on any atom is -0.379 e. The highest BCUT2D eigenvalue weighted by atomic mass is 16.5. The van der Waals surface area contributed by atoms with Gasteiger partial charge in [0.2, 0.25) is 0 Å². The summed E-state index contributed by atoms with van der Waals surface area (Å²) in [5.41, 5.74) is 3.88. The summed E-state index contributed by atoms with van der Waals surface area (Å²) >= 11 is 0. The summed E-state index contributed by atoms with van der Waals surface area (Å²) in [7, 11) is 1.82. The number of piperidine rings is 1. The number of benzene rings is 1. The molecule has 0 bridgehead atoms. The van der Waals surface area contributed by atoms with E-state index in [9.17, 15) is 0 Å². The Balaban J connectivity index is 1.30. The van der Waals surface area contributed by atoms with Gasteiger partial charge in [-0.1, -0.05) is 24.3 Å². The third kappa shape index (κ3) is 6.43. The van der Waals surface area contributed by atoms with Gasteiger partial charge in [0.25, 0.3) is 0 Å². The van der Waals surface area contributed by atoms with Crippen LogP contribution < -0.4 is 15.5 Å². The average Bonchev–Trinajstić information content (AvgIpc) is 2.86. The third-order valence-electron chi connectivity index (χ3n) is 6.24. The Kier molecular flexibility index (Phi) is 8.34. The van der Waals surface area contributed by atoms with Crippen LogP contribution in [0, 0.1) is 0 Å². The molecular weight excluding hydrogens is 400 g/mol. The fraction of sp³-hybridized carbons (Fsp3) is 0.520. The minimum absolute atomic E-state index is 0.721. The molecule has 0 unspecified atom stereocenters. The van der Waals surface area contributed by atoms with Gasteiger partial charge in [-0.15, -0.1) is 0 Å². The van der Waals surface area contributed by atoms with Crippen molar-refractivity contribution in [2.24, 2.45) is 4.99 Å². The molecular formula is C25H36N6O. The summed E-state index contributed by atoms with van der Waals surface area (Å²) in [6.07, 6.45) is 5.76. The van der Waals surface area contributed by atoms with Crippen molar-refractivity contribution in [3.63, 3.8) is 0 Å². The normalized spacial score (nSPS) is 17.9. The van der Waals surface area contributed by atoms with Crippen LogP contribution in [0.4, 0.5) is 5.82 Å². The number of nitrogens with zero attached hydrogens (tertiary/aromatic N) is 4. The number of hydrogen-bond donors (Lipinski definition) is 2. The molecule has 2 saturated heterocycles. The molecule has 0 amide bonds. The summed E-state index contributed by atoms with van der Waals surface area (Å²) < 4.78 is 5.48. The van der Waals surface area contributed by atoms with E-state index in [-0.39, 0.29) is 0 Å². The summed E-state index contributed by atoms with van der Waals surface area (Å²) in [5, 5.41) is 6.93. The Bertz CT molecular complexity index is 874. The maximum Gasteiger partial charge on any atom is 0.191 e. The van der Waals surface area contributed by atoms with Gasteiger partial charge in [0, 0.05) is 59.1 Å². The molecule has 1 aromatic heterocycles. The lowest BCUT2D eigenvalue weighted by atomic mass is 10.1. The zero-order chi connectivity index (χ0) is 22.0. The predicted octanol–water partition coefficient (Wildman–Crippen LogP) is 2.77. The number of pyridine rings is 1. The van der Waals surface area contributed by atoms with Gasteiger partial charge in [0.05, 0.1) is 13.2 Å². The van der Waals surface area contributed by atoms with E-state index in [4.69, 9.17) is 4.74 Å². The molecule has 7 heteroatoms. The smallest absolute Gasteiger partial charge is 0.191 e. The molecule has 2 aromatic rings. The van der Waals surface area contributed by atoms with Crippen molar-refractivity contribution in [3.8, 4) is 0 Å². The zero-order valence-electron chi connectivity index (χ0n) is 19.2. The quantitative estimate of drug-likeness (QED) is 0.514. The first-order chi connectivity index (χ1) is 15.8. The van der Waals surface area contributed by atoms with Crippen molar-refractivity contribution < 1.29 is 4.74 Å². The maximum absolute atomic E-state index is 5.48. The SMILES string of the molecule is CN=C(NCc1ccnc(N2CCCCC2)c1)NCc1ccccc1CN1CCOCC1. The highest BCUT2D eigenvalue weighted by molar-refractivity contribution is 5.79. The number of nitrogens with one attached hydrogen (secondary N) is 2. The van der Waals surface area contributed by atoms with Crippen molar-refractivity contribution in [1.82, 2.24) is 20.5 Å². The highest BCUT2D eigenvalue weighted by Gasteiger charge is 2.14. The first kappa shape index (κ1) is 22.6. The second kappa shape index (κ2) is 11.8. The molecule has 0 atom stereocenters. The van der Waals surface area contributed by atoms with Crippen LogP contribution in [0.15, 0.2) is 47.6 Å². The fourth-order valence-corrected chi connectivity index (χ4v) is 4.34. The Morgan fingerprint density at radius 2 is 1.72 bits per heavy atom. The van der Waals surface area contributed by atoms with Crippen LogP contribution in [0.2, 0.25) is 0 Å². The van der Waals surface area contributed by atoms with Gasteiger partial charge in [0.1, 0.15) is 5.82 Å². The van der Waals surface area contributed by atoms with E-state index in [1.165, 1.54) is 36.0 Å². The first-order valence-electron chi connectivity index (χ1n) is 11.8. The van der Waals surface area contributed by atoms with Crippen molar-refractivity contribution in [3.05, 3.63) is 59.3 Å². The van der Waals surface area contributed by atoms with E-state index >= 15 is 0 Å². The second-order valence-electron chi connectivity index (χ2n) is 8.51. The molecule has 7 nitrogen and oxygen atoms in total. The Hall–Kier alpha value is -2.64. The van der Waals surface area contributed by atoms with Crippen LogP contribution in [0.5, 0.6) is 0 Å². The van der Waals surface area contributed by atoms with Crippen LogP contribution >= 0.6 is 0 Å². The number of guanidine groups is 1. The standard InChI is InChI=1S/C25H36N6O/c1-26-25(28-18-21-9-10-27-24(17-21)31-11-5-2-6-12-31)29-19-22-7-3-4-8-23(22)20-30-13-15-32-16-14-30/h3-4,7-10,17H,2,5-6,11-16,18-20H2,1H3,(H2,26,28,29). The van der Waals surface area contributed by atoms with Crippen LogP contribution in [0.25, 0.3) is 0 Å². The molecule has 3 heterocycles. The van der Waals surface area contributed by atoms with E-state index in [1.807, 2.05) is 13.2 Å². The molecule has 2 fully saturated rings. The number of rotatable bonds is 7. The molecule has 4 rings (SSSR count). The third-order valence-corrected chi connectivity index (χ3v) is 6.24. The van der Waals surface area contributed by atoms with Gasteiger partial charge in [-0.2, -0.15) is 0 Å². The van der Waals surface area contributed by atoms with E-state index < -0.39 is 0 Å². The predicted molar refractivity (Wildman–Crippen MR) is 130 cm³/mol. The minimum atomic E-state index is 0.721. The Morgan fingerprint density at radius 3 is 2.50 bits per heavy atom. The van der Waals surface area contributed by atoms with Crippen molar-refractivity contribution in [1.29, 1.82) is 0 Å². The van der Waals surface area contributed by atoms with Crippen molar-refractivity contribution in [2.45, 2.75) is 38.9 Å². The number of ether oxygens (including phenoxy) is 1. The van der Waals surface area contributed by atoms with Gasteiger partial charge in [-0.05, 0) is 48.1 Å². The van der Waals surface area contributed by atoms with Gasteiger partial charge >= 0.3 is 0 Å². The number of aromatic nitrogens is 1. The second-order valence-corrected chi connectivity index (χ2v) is 8.51. The van der Waals surface area contributed by atoms with Crippen molar-refractivity contribution >= 4 is 11.8 Å². The average molecular weight is 437 g/mol.